The highest BCUT2D eigenvalue weighted by Crippen LogP contribution is 2.12. The molecule has 0 spiro atoms. The molecule has 0 rings (SSSR count). The molecule has 222 valence electrons. The largest absolute Gasteiger partial charge is 0.469 e. The smallest absolute Gasteiger partial charge is 0.307 e. The van der Waals surface area contributed by atoms with Gasteiger partial charge in [0.2, 0.25) is 0 Å². The zero-order chi connectivity index (χ0) is 26.9. The van der Waals surface area contributed by atoms with Crippen LogP contribution in [-0.4, -0.2) is 92.4 Å². The Balaban J connectivity index is 3.03. The number of ether oxygens (including phenoxy) is 7. The van der Waals surface area contributed by atoms with Crippen molar-refractivity contribution in [1.82, 2.24) is 0 Å². The highest BCUT2D eigenvalue weighted by atomic mass is 16.6. The summed E-state index contributed by atoms with van der Waals surface area (Å²) in [5.74, 6) is -0.271. The van der Waals surface area contributed by atoms with Crippen molar-refractivity contribution in [2.75, 3.05) is 86.4 Å². The van der Waals surface area contributed by atoms with Crippen LogP contribution in [0.5, 0.6) is 0 Å². The number of carbonyl (C=O) groups is 1. The fraction of sp³-hybridized carbons (Fsp3) is 0.966. The molecule has 0 atom stereocenters. The minimum atomic E-state index is -0.271. The lowest BCUT2D eigenvalue weighted by atomic mass is 10.0. The predicted octanol–water partition coefficient (Wildman–Crippen LogP) is 5.74. The van der Waals surface area contributed by atoms with E-state index in [-0.39, 0.29) is 12.4 Å². The Hall–Kier alpha value is -0.770. The molecule has 0 aromatic rings. The van der Waals surface area contributed by atoms with Crippen LogP contribution in [0.4, 0.5) is 0 Å². The number of unbranched alkanes of at least 4 members (excludes halogenated alkanes) is 12. The van der Waals surface area contributed by atoms with Gasteiger partial charge in [0, 0.05) is 6.61 Å². The van der Waals surface area contributed by atoms with E-state index in [1.165, 1.54) is 84.2 Å². The van der Waals surface area contributed by atoms with Gasteiger partial charge in [-0.25, -0.2) is 0 Å². The molecule has 0 aliphatic carbocycles. The lowest BCUT2D eigenvalue weighted by Crippen LogP contribution is -2.14. The van der Waals surface area contributed by atoms with E-state index in [4.69, 9.17) is 28.4 Å². The minimum absolute atomic E-state index is 0.262. The molecule has 0 fully saturated rings. The molecule has 0 N–H and O–H groups in total. The van der Waals surface area contributed by atoms with E-state index in [0.717, 1.165) is 13.0 Å². The summed E-state index contributed by atoms with van der Waals surface area (Å²) in [6.45, 7) is 8.85. The molecule has 0 aromatic carbocycles. The second-order valence-electron chi connectivity index (χ2n) is 9.24. The number of methoxy groups -OCH3 is 1. The third-order valence-corrected chi connectivity index (χ3v) is 5.93. The molecule has 0 aliphatic heterocycles. The molecule has 37 heavy (non-hydrogen) atoms. The van der Waals surface area contributed by atoms with Crippen molar-refractivity contribution in [2.45, 2.75) is 96.8 Å². The molecule has 0 radical (unpaired) electrons. The van der Waals surface area contributed by atoms with Gasteiger partial charge in [-0.3, -0.25) is 4.79 Å². The number of hydrogen-bond donors (Lipinski definition) is 0. The highest BCUT2D eigenvalue weighted by Gasteiger charge is 1.99. The summed E-state index contributed by atoms with van der Waals surface area (Å²) in [7, 11) is 1.36. The number of hydrogen-bond acceptors (Lipinski definition) is 8. The number of esters is 1. The first-order valence-electron chi connectivity index (χ1n) is 14.8. The fourth-order valence-electron chi connectivity index (χ4n) is 3.68. The SMILES string of the molecule is CCCCCCCCCCCCCCCOCCOCCOCCOCCOCCOCCC(=O)OC. The van der Waals surface area contributed by atoms with Crippen molar-refractivity contribution in [3.05, 3.63) is 0 Å². The molecule has 0 unspecified atom stereocenters. The summed E-state index contributed by atoms with van der Waals surface area (Å²) in [6, 6.07) is 0. The molecule has 0 amide bonds. The average molecular weight is 535 g/mol. The van der Waals surface area contributed by atoms with Gasteiger partial charge in [0.05, 0.1) is 86.2 Å². The van der Waals surface area contributed by atoms with Gasteiger partial charge in [0.1, 0.15) is 0 Å². The van der Waals surface area contributed by atoms with Crippen molar-refractivity contribution in [1.29, 1.82) is 0 Å². The van der Waals surface area contributed by atoms with Crippen molar-refractivity contribution in [3.8, 4) is 0 Å². The van der Waals surface area contributed by atoms with Crippen LogP contribution >= 0.6 is 0 Å². The lowest BCUT2D eigenvalue weighted by molar-refractivity contribution is -0.141. The molecule has 0 saturated carbocycles. The van der Waals surface area contributed by atoms with Crippen LogP contribution in [0.1, 0.15) is 96.8 Å². The zero-order valence-electron chi connectivity index (χ0n) is 24.2. The van der Waals surface area contributed by atoms with Crippen LogP contribution in [0.15, 0.2) is 0 Å². The van der Waals surface area contributed by atoms with Crippen LogP contribution in [0, 0.1) is 0 Å². The number of rotatable bonds is 32. The van der Waals surface area contributed by atoms with E-state index in [1.54, 1.807) is 0 Å². The Bertz CT molecular complexity index is 436. The summed E-state index contributed by atoms with van der Waals surface area (Å²) in [4.78, 5) is 10.9. The monoisotopic (exact) mass is 534 g/mol. The van der Waals surface area contributed by atoms with E-state index in [9.17, 15) is 4.79 Å². The summed E-state index contributed by atoms with van der Waals surface area (Å²) in [6.07, 6.45) is 18.1. The fourth-order valence-corrected chi connectivity index (χ4v) is 3.68. The van der Waals surface area contributed by atoms with Crippen LogP contribution in [-0.2, 0) is 38.0 Å². The van der Waals surface area contributed by atoms with E-state index in [1.807, 2.05) is 0 Å². The first kappa shape index (κ1) is 36.2. The Labute approximate surface area is 227 Å². The molecular formula is C29H58O8. The second kappa shape index (κ2) is 33.3. The van der Waals surface area contributed by atoms with Crippen molar-refractivity contribution >= 4 is 5.97 Å². The summed E-state index contributed by atoms with van der Waals surface area (Å²) in [5, 5.41) is 0. The maximum atomic E-state index is 10.9. The molecule has 0 saturated heterocycles. The summed E-state index contributed by atoms with van der Waals surface area (Å²) >= 11 is 0. The van der Waals surface area contributed by atoms with Crippen LogP contribution in [0.2, 0.25) is 0 Å². The molecule has 0 aliphatic rings. The maximum Gasteiger partial charge on any atom is 0.307 e. The Morgan fingerprint density at radius 1 is 0.405 bits per heavy atom. The van der Waals surface area contributed by atoms with Gasteiger partial charge in [0.15, 0.2) is 0 Å². The Morgan fingerprint density at radius 2 is 0.703 bits per heavy atom. The van der Waals surface area contributed by atoms with Gasteiger partial charge < -0.3 is 33.2 Å². The Morgan fingerprint density at radius 3 is 1.05 bits per heavy atom. The van der Waals surface area contributed by atoms with Crippen molar-refractivity contribution < 1.29 is 38.0 Å². The molecule has 8 nitrogen and oxygen atoms in total. The van der Waals surface area contributed by atoms with Crippen molar-refractivity contribution in [3.63, 3.8) is 0 Å². The van der Waals surface area contributed by atoms with Crippen molar-refractivity contribution in [2.24, 2.45) is 0 Å². The Kier molecular flexibility index (Phi) is 32.6. The minimum Gasteiger partial charge on any atom is -0.469 e. The number of carbonyl (C=O) groups excluding carboxylic acids is 1. The molecule has 0 heterocycles. The standard InChI is InChI=1S/C29H58O8/c1-3-4-5-6-7-8-9-10-11-12-13-14-15-17-32-19-21-34-23-25-36-27-28-37-26-24-35-22-20-33-18-16-29(30)31-2/h3-28H2,1-2H3. The topological polar surface area (TPSA) is 81.7 Å². The van der Waals surface area contributed by atoms with Gasteiger partial charge in [-0.2, -0.15) is 0 Å². The lowest BCUT2D eigenvalue weighted by Gasteiger charge is -2.08. The highest BCUT2D eigenvalue weighted by molar-refractivity contribution is 5.69. The quantitative estimate of drug-likeness (QED) is 0.0798. The normalized spacial score (nSPS) is 11.3. The molecule has 0 bridgehead atoms. The third kappa shape index (κ3) is 33.2. The summed E-state index contributed by atoms with van der Waals surface area (Å²) < 4.78 is 37.2. The summed E-state index contributed by atoms with van der Waals surface area (Å²) in [5.41, 5.74) is 0. The van der Waals surface area contributed by atoms with Gasteiger partial charge in [-0.15, -0.1) is 0 Å². The molecule has 0 aromatic heterocycles. The van der Waals surface area contributed by atoms with E-state index in [0.29, 0.717) is 72.7 Å². The van der Waals surface area contributed by atoms with Crippen LogP contribution in [0.3, 0.4) is 0 Å². The zero-order valence-corrected chi connectivity index (χ0v) is 24.2. The predicted molar refractivity (Wildman–Crippen MR) is 147 cm³/mol. The van der Waals surface area contributed by atoms with E-state index in [2.05, 4.69) is 11.7 Å². The first-order chi connectivity index (χ1) is 18.3. The third-order valence-electron chi connectivity index (χ3n) is 5.93. The first-order valence-corrected chi connectivity index (χ1v) is 14.8. The molecular weight excluding hydrogens is 476 g/mol. The van der Waals surface area contributed by atoms with E-state index >= 15 is 0 Å². The van der Waals surface area contributed by atoms with Gasteiger partial charge in [-0.1, -0.05) is 84.0 Å². The van der Waals surface area contributed by atoms with E-state index < -0.39 is 0 Å². The van der Waals surface area contributed by atoms with Gasteiger partial charge in [-0.05, 0) is 6.42 Å². The second-order valence-corrected chi connectivity index (χ2v) is 9.24. The van der Waals surface area contributed by atoms with Gasteiger partial charge in [0.25, 0.3) is 0 Å². The molecule has 8 heteroatoms. The van der Waals surface area contributed by atoms with Crippen LogP contribution in [0.25, 0.3) is 0 Å². The maximum absolute atomic E-state index is 10.9. The average Bonchev–Trinajstić information content (AvgIpc) is 2.91. The van der Waals surface area contributed by atoms with Crippen LogP contribution < -0.4 is 0 Å². The van der Waals surface area contributed by atoms with Gasteiger partial charge >= 0.3 is 5.97 Å².